The molecule has 0 aromatic rings. The van der Waals surface area contributed by atoms with E-state index in [9.17, 15) is 43.2 Å². The summed E-state index contributed by atoms with van der Waals surface area (Å²) in [5.41, 5.74) is 0. The Morgan fingerprint density at radius 2 is 0.453 bits per heavy atom. The van der Waals surface area contributed by atoms with E-state index in [1.807, 2.05) is 0 Å². The highest BCUT2D eigenvalue weighted by Gasteiger charge is 2.31. The largest absolute Gasteiger partial charge is 0.472 e. The molecule has 0 rings (SSSR count). The van der Waals surface area contributed by atoms with Gasteiger partial charge in [-0.15, -0.1) is 0 Å². The number of carbonyl (C=O) groups is 4. The highest BCUT2D eigenvalue weighted by molar-refractivity contribution is 7.47. The standard InChI is InChI=1S/C87H170O17P2/c1-9-80(8)66-58-50-42-34-28-21-17-12-10-11-13-19-23-30-36-44-53-61-69-86(91)104-83(74-98-85(90)68-60-52-46-38-41-49-57-65-79(6)7)76-102-106(95,96)100-72-81(88)71-99-105(93,94)101-75-82(103-87(92)70-62-54-45-37-31-25-24-27-33-40-48-56-64-78(4)5)73-97-84(89)67-59-51-43-35-29-22-18-15-14-16-20-26-32-39-47-55-63-77(2)3/h77-83,88H,9-76H2,1-8H3,(H,93,94)(H,95,96)/t80?,81?,82-,83-/m1/s1. The van der Waals surface area contributed by atoms with Crippen LogP contribution >= 0.6 is 15.6 Å². The van der Waals surface area contributed by atoms with Crippen LogP contribution in [0.4, 0.5) is 0 Å². The fraction of sp³-hybridized carbons (Fsp3) is 0.954. The Hall–Kier alpha value is -1.94. The number of aliphatic hydroxyl groups is 1. The molecule has 0 heterocycles. The van der Waals surface area contributed by atoms with Gasteiger partial charge in [0.1, 0.15) is 19.3 Å². The van der Waals surface area contributed by atoms with Crippen molar-refractivity contribution in [2.75, 3.05) is 39.6 Å². The first-order valence-electron chi connectivity index (χ1n) is 44.7. The second kappa shape index (κ2) is 75.7. The zero-order valence-corrected chi connectivity index (χ0v) is 71.9. The van der Waals surface area contributed by atoms with Crippen LogP contribution in [0.15, 0.2) is 0 Å². The Morgan fingerprint density at radius 3 is 0.670 bits per heavy atom. The summed E-state index contributed by atoms with van der Waals surface area (Å²) in [6.07, 6.45) is 65.4. The van der Waals surface area contributed by atoms with Crippen LogP contribution in [0.3, 0.4) is 0 Å². The molecule has 6 atom stereocenters. The molecule has 19 heteroatoms. The van der Waals surface area contributed by atoms with Crippen molar-refractivity contribution in [1.82, 2.24) is 0 Å². The number of aliphatic hydroxyl groups excluding tert-OH is 1. The van der Waals surface area contributed by atoms with Gasteiger partial charge in [0.05, 0.1) is 26.4 Å². The topological polar surface area (TPSA) is 237 Å². The molecular formula is C87H170O17P2. The molecule has 106 heavy (non-hydrogen) atoms. The number of carbonyl (C=O) groups excluding carboxylic acids is 4. The summed E-state index contributed by atoms with van der Waals surface area (Å²) in [7, 11) is -9.93. The lowest BCUT2D eigenvalue weighted by Crippen LogP contribution is -2.30. The quantitative estimate of drug-likeness (QED) is 0.0222. The summed E-state index contributed by atoms with van der Waals surface area (Å²) >= 11 is 0. The first-order chi connectivity index (χ1) is 51.1. The summed E-state index contributed by atoms with van der Waals surface area (Å²) < 4.78 is 68.9. The number of hydrogen-bond donors (Lipinski definition) is 3. The van der Waals surface area contributed by atoms with Crippen LogP contribution in [0, 0.1) is 23.7 Å². The van der Waals surface area contributed by atoms with Gasteiger partial charge in [-0.05, 0) is 49.4 Å². The van der Waals surface area contributed by atoms with E-state index in [4.69, 9.17) is 37.0 Å². The van der Waals surface area contributed by atoms with Crippen molar-refractivity contribution in [2.45, 2.75) is 472 Å². The van der Waals surface area contributed by atoms with E-state index in [1.165, 1.54) is 250 Å². The van der Waals surface area contributed by atoms with E-state index in [-0.39, 0.29) is 25.7 Å². The molecule has 630 valence electrons. The Kier molecular flexibility index (Phi) is 74.3. The maximum atomic E-state index is 13.1. The molecule has 0 spiro atoms. The third-order valence-corrected chi connectivity index (χ3v) is 22.6. The van der Waals surface area contributed by atoms with Gasteiger partial charge in [0.25, 0.3) is 0 Å². The number of rotatable bonds is 84. The van der Waals surface area contributed by atoms with E-state index in [0.717, 1.165) is 114 Å². The van der Waals surface area contributed by atoms with E-state index in [0.29, 0.717) is 31.6 Å². The number of phosphoric ester groups is 2. The second-order valence-corrected chi connectivity index (χ2v) is 35.9. The lowest BCUT2D eigenvalue weighted by atomic mass is 9.99. The van der Waals surface area contributed by atoms with E-state index in [2.05, 4.69) is 55.4 Å². The summed E-state index contributed by atoms with van der Waals surface area (Å²) in [6.45, 7) is 14.3. The summed E-state index contributed by atoms with van der Waals surface area (Å²) in [5, 5.41) is 10.7. The Morgan fingerprint density at radius 1 is 0.264 bits per heavy atom. The third kappa shape index (κ3) is 78.7. The average molecular weight is 1550 g/mol. The molecule has 3 N–H and O–H groups in total. The second-order valence-electron chi connectivity index (χ2n) is 33.0. The molecule has 0 aromatic heterocycles. The Balaban J connectivity index is 5.19. The van der Waals surface area contributed by atoms with Crippen molar-refractivity contribution in [3.63, 3.8) is 0 Å². The van der Waals surface area contributed by atoms with Gasteiger partial charge in [-0.2, -0.15) is 0 Å². The first kappa shape index (κ1) is 104. The zero-order chi connectivity index (χ0) is 78.1. The van der Waals surface area contributed by atoms with Gasteiger partial charge in [-0.25, -0.2) is 9.13 Å². The summed E-state index contributed by atoms with van der Waals surface area (Å²) in [4.78, 5) is 73.2. The molecule has 0 amide bonds. The minimum atomic E-state index is -4.97. The molecule has 0 fully saturated rings. The van der Waals surface area contributed by atoms with Crippen LogP contribution in [-0.2, 0) is 65.4 Å². The Bertz CT molecular complexity index is 2060. The minimum Gasteiger partial charge on any atom is -0.462 e. The van der Waals surface area contributed by atoms with Gasteiger partial charge >= 0.3 is 39.5 Å². The molecular weight excluding hydrogens is 1380 g/mol. The first-order valence-corrected chi connectivity index (χ1v) is 47.7. The van der Waals surface area contributed by atoms with Crippen LogP contribution in [0.5, 0.6) is 0 Å². The van der Waals surface area contributed by atoms with E-state index < -0.39 is 97.5 Å². The molecule has 0 saturated carbocycles. The Labute approximate surface area is 651 Å². The van der Waals surface area contributed by atoms with Gasteiger partial charge < -0.3 is 33.8 Å². The van der Waals surface area contributed by atoms with E-state index >= 15 is 0 Å². The van der Waals surface area contributed by atoms with Gasteiger partial charge in [0, 0.05) is 25.7 Å². The zero-order valence-electron chi connectivity index (χ0n) is 70.1. The normalized spacial score (nSPS) is 14.2. The molecule has 0 saturated heterocycles. The molecule has 0 aliphatic heterocycles. The molecule has 0 aliphatic rings. The van der Waals surface area contributed by atoms with Gasteiger partial charge in [-0.3, -0.25) is 37.3 Å². The maximum absolute atomic E-state index is 13.1. The summed E-state index contributed by atoms with van der Waals surface area (Å²) in [6, 6.07) is 0. The fourth-order valence-corrected chi connectivity index (χ4v) is 15.0. The fourth-order valence-electron chi connectivity index (χ4n) is 13.5. The van der Waals surface area contributed by atoms with Crippen molar-refractivity contribution >= 4 is 39.5 Å². The smallest absolute Gasteiger partial charge is 0.462 e. The molecule has 0 bridgehead atoms. The van der Waals surface area contributed by atoms with Crippen LogP contribution in [0.1, 0.15) is 453 Å². The van der Waals surface area contributed by atoms with Crippen molar-refractivity contribution in [3.05, 3.63) is 0 Å². The molecule has 0 aromatic carbocycles. The van der Waals surface area contributed by atoms with Crippen LogP contribution in [-0.4, -0.2) is 96.7 Å². The van der Waals surface area contributed by atoms with Crippen LogP contribution in [0.2, 0.25) is 0 Å². The summed E-state index contributed by atoms with van der Waals surface area (Å²) in [5.74, 6) is 1.06. The predicted octanol–water partition coefficient (Wildman–Crippen LogP) is 26.3. The van der Waals surface area contributed by atoms with Gasteiger partial charge in [0.2, 0.25) is 0 Å². The number of hydrogen-bond acceptors (Lipinski definition) is 15. The van der Waals surface area contributed by atoms with Crippen molar-refractivity contribution in [3.8, 4) is 0 Å². The van der Waals surface area contributed by atoms with Gasteiger partial charge in [-0.1, -0.05) is 402 Å². The molecule has 0 aliphatic carbocycles. The SMILES string of the molecule is CCC(C)CCCCCCCCCCCCCCCCCCCCC(=O)O[C@H](COC(=O)CCCCCCCCCC(C)C)COP(=O)(O)OCC(O)COP(=O)(O)OC[C@@H](COC(=O)CCCCCCCCCCCCCCCCCCC(C)C)OC(=O)CCCCCCCCCCCCCCC(C)C. The third-order valence-electron chi connectivity index (χ3n) is 20.7. The monoisotopic (exact) mass is 1550 g/mol. The molecule has 0 radical (unpaired) electrons. The lowest BCUT2D eigenvalue weighted by molar-refractivity contribution is -0.161. The number of unbranched alkanes of at least 4 members (excludes halogenated alkanes) is 49. The predicted molar refractivity (Wildman–Crippen MR) is 437 cm³/mol. The van der Waals surface area contributed by atoms with E-state index in [1.54, 1.807) is 0 Å². The highest BCUT2D eigenvalue weighted by Crippen LogP contribution is 2.45. The minimum absolute atomic E-state index is 0.107. The van der Waals surface area contributed by atoms with Crippen molar-refractivity contribution in [1.29, 1.82) is 0 Å². The van der Waals surface area contributed by atoms with Crippen molar-refractivity contribution in [2.24, 2.45) is 23.7 Å². The number of ether oxygens (including phenoxy) is 4. The molecule has 4 unspecified atom stereocenters. The van der Waals surface area contributed by atoms with Crippen molar-refractivity contribution < 1.29 is 80.2 Å². The van der Waals surface area contributed by atoms with Crippen LogP contribution in [0.25, 0.3) is 0 Å². The molecule has 17 nitrogen and oxygen atoms in total. The van der Waals surface area contributed by atoms with Gasteiger partial charge in [0.15, 0.2) is 12.2 Å². The number of esters is 4. The highest BCUT2D eigenvalue weighted by atomic mass is 31.2. The average Bonchev–Trinajstić information content (AvgIpc) is 0.898. The lowest BCUT2D eigenvalue weighted by Gasteiger charge is -2.21. The maximum Gasteiger partial charge on any atom is 0.472 e. The van der Waals surface area contributed by atoms with Crippen LogP contribution < -0.4 is 0 Å². The number of phosphoric acid groups is 2.